The Morgan fingerprint density at radius 2 is 2.00 bits per heavy atom. The first-order valence-electron chi connectivity index (χ1n) is 4.34. The van der Waals surface area contributed by atoms with E-state index in [4.69, 9.17) is 0 Å². The average Bonchev–Trinajstić information content (AvgIpc) is 2.07. The molecule has 11 heavy (non-hydrogen) atoms. The van der Waals surface area contributed by atoms with Gasteiger partial charge in [0.25, 0.3) is 0 Å². The molecule has 0 saturated heterocycles. The normalized spacial score (nSPS) is 31.7. The molecule has 1 N–H and O–H groups in total. The van der Waals surface area contributed by atoms with Gasteiger partial charge in [-0.15, -0.1) is 0 Å². The summed E-state index contributed by atoms with van der Waals surface area (Å²) in [5.41, 5.74) is 0. The molecule has 1 rings (SSSR count). The molecule has 0 aromatic rings. The van der Waals surface area contributed by atoms with Gasteiger partial charge in [0.2, 0.25) is 0 Å². The topological polar surface area (TPSA) is 41.5 Å². The summed E-state index contributed by atoms with van der Waals surface area (Å²) in [6.45, 7) is 1.09. The Hall–Kier alpha value is -0.440. The number of hydrogen-bond acceptors (Lipinski definition) is 3. The van der Waals surface area contributed by atoms with Gasteiger partial charge in [0.15, 0.2) is 0 Å². The van der Waals surface area contributed by atoms with E-state index in [1.54, 1.807) is 0 Å². The monoisotopic (exact) mass is 156 g/mol. The SMILES string of the molecule is CNCC1CCC(N=O)CC1. The van der Waals surface area contributed by atoms with Crippen molar-refractivity contribution in [3.8, 4) is 0 Å². The second-order valence-corrected chi connectivity index (χ2v) is 3.34. The number of nitrogens with one attached hydrogen (secondary N) is 1. The lowest BCUT2D eigenvalue weighted by molar-refractivity contribution is 0.320. The highest BCUT2D eigenvalue weighted by atomic mass is 16.3. The molecule has 3 heteroatoms. The van der Waals surface area contributed by atoms with Crippen molar-refractivity contribution in [1.29, 1.82) is 0 Å². The van der Waals surface area contributed by atoms with Crippen molar-refractivity contribution in [2.45, 2.75) is 31.7 Å². The predicted octanol–water partition coefficient (Wildman–Crippen LogP) is 1.53. The molecule has 0 unspecified atom stereocenters. The van der Waals surface area contributed by atoms with Gasteiger partial charge in [-0.25, -0.2) is 0 Å². The fourth-order valence-corrected chi connectivity index (χ4v) is 1.74. The number of nitrogens with zero attached hydrogens (tertiary/aromatic N) is 1. The molecule has 0 spiro atoms. The smallest absolute Gasteiger partial charge is 0.0920 e. The molecular weight excluding hydrogens is 140 g/mol. The zero-order chi connectivity index (χ0) is 8.10. The number of nitroso groups, excluding NO2 is 1. The van der Waals surface area contributed by atoms with E-state index in [1.165, 1.54) is 0 Å². The maximum atomic E-state index is 10.2. The van der Waals surface area contributed by atoms with Crippen molar-refractivity contribution >= 4 is 0 Å². The van der Waals surface area contributed by atoms with E-state index in [9.17, 15) is 4.91 Å². The van der Waals surface area contributed by atoms with Crippen LogP contribution in [0.25, 0.3) is 0 Å². The lowest BCUT2D eigenvalue weighted by atomic mass is 9.86. The summed E-state index contributed by atoms with van der Waals surface area (Å²) in [5, 5.41) is 6.23. The molecule has 0 aliphatic heterocycles. The molecule has 1 saturated carbocycles. The van der Waals surface area contributed by atoms with Crippen LogP contribution in [0.15, 0.2) is 5.18 Å². The summed E-state index contributed by atoms with van der Waals surface area (Å²) < 4.78 is 0. The predicted molar refractivity (Wildman–Crippen MR) is 45.5 cm³/mol. The Morgan fingerprint density at radius 3 is 2.45 bits per heavy atom. The van der Waals surface area contributed by atoms with Gasteiger partial charge in [0.1, 0.15) is 0 Å². The molecule has 0 aromatic heterocycles. The number of hydrogen-bond donors (Lipinski definition) is 1. The van der Waals surface area contributed by atoms with Gasteiger partial charge >= 0.3 is 0 Å². The van der Waals surface area contributed by atoms with Crippen LogP contribution in [-0.4, -0.2) is 19.6 Å². The van der Waals surface area contributed by atoms with E-state index in [-0.39, 0.29) is 6.04 Å². The molecule has 0 radical (unpaired) electrons. The molecule has 0 amide bonds. The Morgan fingerprint density at radius 1 is 1.36 bits per heavy atom. The minimum atomic E-state index is 0.114. The first-order chi connectivity index (χ1) is 5.36. The highest BCUT2D eigenvalue weighted by Crippen LogP contribution is 2.25. The van der Waals surface area contributed by atoms with E-state index in [2.05, 4.69) is 10.5 Å². The average molecular weight is 156 g/mol. The Kier molecular flexibility index (Phi) is 3.49. The van der Waals surface area contributed by atoms with Crippen molar-refractivity contribution in [1.82, 2.24) is 5.32 Å². The van der Waals surface area contributed by atoms with Gasteiger partial charge in [0, 0.05) is 0 Å². The van der Waals surface area contributed by atoms with Crippen molar-refractivity contribution in [2.75, 3.05) is 13.6 Å². The van der Waals surface area contributed by atoms with Crippen molar-refractivity contribution in [2.24, 2.45) is 11.1 Å². The number of rotatable bonds is 3. The van der Waals surface area contributed by atoms with Crippen LogP contribution in [0.2, 0.25) is 0 Å². The first kappa shape index (κ1) is 8.65. The van der Waals surface area contributed by atoms with Crippen LogP contribution in [-0.2, 0) is 0 Å². The second kappa shape index (κ2) is 4.44. The highest BCUT2D eigenvalue weighted by Gasteiger charge is 2.20. The summed E-state index contributed by atoms with van der Waals surface area (Å²) in [6.07, 6.45) is 4.32. The largest absolute Gasteiger partial charge is 0.319 e. The molecule has 1 fully saturated rings. The molecule has 64 valence electrons. The molecular formula is C8H16N2O. The summed E-state index contributed by atoms with van der Waals surface area (Å²) in [6, 6.07) is 0.114. The van der Waals surface area contributed by atoms with Crippen molar-refractivity contribution in [3.05, 3.63) is 4.91 Å². The van der Waals surface area contributed by atoms with E-state index < -0.39 is 0 Å². The minimum Gasteiger partial charge on any atom is -0.319 e. The summed E-state index contributed by atoms with van der Waals surface area (Å²) >= 11 is 0. The molecule has 0 bridgehead atoms. The van der Waals surface area contributed by atoms with Crippen LogP contribution in [0.5, 0.6) is 0 Å². The molecule has 0 atom stereocenters. The maximum Gasteiger partial charge on any atom is 0.0920 e. The van der Waals surface area contributed by atoms with E-state index in [0.717, 1.165) is 38.1 Å². The molecule has 1 aliphatic carbocycles. The lowest BCUT2D eigenvalue weighted by Gasteiger charge is -2.23. The van der Waals surface area contributed by atoms with E-state index in [1.807, 2.05) is 7.05 Å². The van der Waals surface area contributed by atoms with Gasteiger partial charge in [-0.3, -0.25) is 0 Å². The van der Waals surface area contributed by atoms with Crippen LogP contribution in [0.1, 0.15) is 25.7 Å². The van der Waals surface area contributed by atoms with E-state index >= 15 is 0 Å². The summed E-state index contributed by atoms with van der Waals surface area (Å²) in [4.78, 5) is 10.2. The molecule has 0 heterocycles. The lowest BCUT2D eigenvalue weighted by Crippen LogP contribution is -2.25. The van der Waals surface area contributed by atoms with Gasteiger partial charge < -0.3 is 5.32 Å². The van der Waals surface area contributed by atoms with Gasteiger partial charge in [-0.05, 0) is 45.2 Å². The highest BCUT2D eigenvalue weighted by molar-refractivity contribution is 4.77. The second-order valence-electron chi connectivity index (χ2n) is 3.34. The van der Waals surface area contributed by atoms with Crippen LogP contribution in [0.4, 0.5) is 0 Å². The third-order valence-corrected chi connectivity index (χ3v) is 2.46. The van der Waals surface area contributed by atoms with Crippen molar-refractivity contribution < 1.29 is 0 Å². The molecule has 1 aliphatic rings. The fraction of sp³-hybridized carbons (Fsp3) is 1.00. The van der Waals surface area contributed by atoms with Crippen LogP contribution < -0.4 is 5.32 Å². The third kappa shape index (κ3) is 2.58. The van der Waals surface area contributed by atoms with E-state index in [0.29, 0.717) is 0 Å². The van der Waals surface area contributed by atoms with Crippen molar-refractivity contribution in [3.63, 3.8) is 0 Å². The molecule has 3 nitrogen and oxygen atoms in total. The third-order valence-electron chi connectivity index (χ3n) is 2.46. The fourth-order valence-electron chi connectivity index (χ4n) is 1.74. The maximum absolute atomic E-state index is 10.2. The van der Waals surface area contributed by atoms with Crippen LogP contribution in [0.3, 0.4) is 0 Å². The molecule has 0 aromatic carbocycles. The van der Waals surface area contributed by atoms with Crippen LogP contribution in [0, 0.1) is 10.8 Å². The summed E-state index contributed by atoms with van der Waals surface area (Å²) in [7, 11) is 1.98. The Labute approximate surface area is 67.5 Å². The zero-order valence-corrected chi connectivity index (χ0v) is 7.05. The quantitative estimate of drug-likeness (QED) is 0.629. The Bertz CT molecular complexity index is 119. The standard InChI is InChI=1S/C8H16N2O/c1-9-6-7-2-4-8(10-11)5-3-7/h7-9H,2-6H2,1H3. The Balaban J connectivity index is 2.18. The summed E-state index contributed by atoms with van der Waals surface area (Å²) in [5.74, 6) is 0.776. The van der Waals surface area contributed by atoms with Gasteiger partial charge in [-0.2, -0.15) is 4.91 Å². The first-order valence-corrected chi connectivity index (χ1v) is 4.34. The van der Waals surface area contributed by atoms with Gasteiger partial charge in [0.05, 0.1) is 6.04 Å². The van der Waals surface area contributed by atoms with Gasteiger partial charge in [-0.1, -0.05) is 5.18 Å². The van der Waals surface area contributed by atoms with Crippen LogP contribution >= 0.6 is 0 Å². The minimum absolute atomic E-state index is 0.114. The zero-order valence-electron chi connectivity index (χ0n) is 7.05.